The molecule has 2 aliphatic rings. The molecule has 7 nitrogen and oxygen atoms in total. The molecule has 2 saturated heterocycles. The number of rotatable bonds is 5. The van der Waals surface area contributed by atoms with Gasteiger partial charge < -0.3 is 9.64 Å². The van der Waals surface area contributed by atoms with E-state index >= 15 is 0 Å². The summed E-state index contributed by atoms with van der Waals surface area (Å²) in [6.07, 6.45) is 2.20. The van der Waals surface area contributed by atoms with Crippen molar-refractivity contribution >= 4 is 23.3 Å². The van der Waals surface area contributed by atoms with Crippen LogP contribution in [0.2, 0.25) is 0 Å². The van der Waals surface area contributed by atoms with Crippen LogP contribution in [0.4, 0.5) is 11.5 Å². The number of aromatic nitrogens is 1. The van der Waals surface area contributed by atoms with Crippen LogP contribution in [0.25, 0.3) is 0 Å². The van der Waals surface area contributed by atoms with E-state index < -0.39 is 0 Å². The molecular formula is C21H26N4O3+2. The molecule has 2 aliphatic heterocycles. The highest BCUT2D eigenvalue weighted by Gasteiger charge is 2.47. The molecule has 1 aromatic heterocycles. The van der Waals surface area contributed by atoms with Gasteiger partial charge in [-0.1, -0.05) is 6.07 Å². The van der Waals surface area contributed by atoms with Crippen molar-refractivity contribution in [1.82, 2.24) is 0 Å². The molecule has 2 fully saturated rings. The van der Waals surface area contributed by atoms with Crippen molar-refractivity contribution in [2.75, 3.05) is 42.6 Å². The van der Waals surface area contributed by atoms with Gasteiger partial charge in [0.05, 0.1) is 24.9 Å². The largest absolute Gasteiger partial charge is 0.494 e. The number of nitrogens with one attached hydrogen (secondary N) is 2. The molecule has 0 radical (unpaired) electrons. The van der Waals surface area contributed by atoms with Crippen molar-refractivity contribution in [2.24, 2.45) is 0 Å². The number of anilines is 2. The number of ether oxygens (including phenoxy) is 1. The summed E-state index contributed by atoms with van der Waals surface area (Å²) in [6.45, 7) is 5.89. The number of aromatic amines is 1. The average molecular weight is 382 g/mol. The van der Waals surface area contributed by atoms with E-state index in [2.05, 4.69) is 16.0 Å². The van der Waals surface area contributed by atoms with Crippen molar-refractivity contribution in [3.8, 4) is 5.75 Å². The Balaban J connectivity index is 1.41. The normalized spacial score (nSPS) is 20.7. The number of imide groups is 1. The maximum atomic E-state index is 13.0. The van der Waals surface area contributed by atoms with E-state index in [1.54, 1.807) is 24.3 Å². The van der Waals surface area contributed by atoms with E-state index in [0.717, 1.165) is 37.7 Å². The van der Waals surface area contributed by atoms with E-state index in [-0.39, 0.29) is 24.3 Å². The third kappa shape index (κ3) is 3.57. The Kier molecular flexibility index (Phi) is 5.25. The first kappa shape index (κ1) is 18.4. The number of hydrogen-bond acceptors (Lipinski definition) is 4. The fourth-order valence-corrected chi connectivity index (χ4v) is 4.04. The van der Waals surface area contributed by atoms with Gasteiger partial charge in [0.1, 0.15) is 31.9 Å². The number of carbonyl (C=O) groups is 2. The standard InChI is InChI=1S/C21H24N4O3/c1-2-28-17-8-6-16(7-9-17)25-20(26)15-18(21(25)27)23-11-13-24(14-12-23)19-5-3-4-10-22-19/h3-10,18H,2,11-15H2,1H3/p+2/t18-/m0/s1. The van der Waals surface area contributed by atoms with Gasteiger partial charge in [-0.05, 0) is 37.3 Å². The predicted molar refractivity (Wildman–Crippen MR) is 104 cm³/mol. The van der Waals surface area contributed by atoms with Crippen molar-refractivity contribution in [1.29, 1.82) is 0 Å². The highest BCUT2D eigenvalue weighted by Crippen LogP contribution is 2.24. The number of nitrogens with zero attached hydrogens (tertiary/aromatic N) is 2. The Hall–Kier alpha value is -2.93. The van der Waals surface area contributed by atoms with Gasteiger partial charge in [-0.2, -0.15) is 0 Å². The number of H-pyrrole nitrogens is 1. The van der Waals surface area contributed by atoms with E-state index in [4.69, 9.17) is 4.74 Å². The topological polar surface area (TPSA) is 68.4 Å². The lowest BCUT2D eigenvalue weighted by atomic mass is 10.1. The second-order valence-electron chi connectivity index (χ2n) is 7.14. The number of pyridine rings is 1. The average Bonchev–Trinajstić information content (AvgIpc) is 3.04. The highest BCUT2D eigenvalue weighted by atomic mass is 16.5. The summed E-state index contributed by atoms with van der Waals surface area (Å²) in [7, 11) is 0. The molecule has 0 unspecified atom stereocenters. The Morgan fingerprint density at radius 3 is 2.50 bits per heavy atom. The molecule has 146 valence electrons. The first-order chi connectivity index (χ1) is 13.7. The molecule has 0 spiro atoms. The number of hydrogen-bond donors (Lipinski definition) is 1. The van der Waals surface area contributed by atoms with Crippen LogP contribution in [0.3, 0.4) is 0 Å². The van der Waals surface area contributed by atoms with Gasteiger partial charge >= 0.3 is 0 Å². The summed E-state index contributed by atoms with van der Waals surface area (Å²) in [4.78, 5) is 33.7. The summed E-state index contributed by atoms with van der Waals surface area (Å²) in [5.41, 5.74) is 0.623. The lowest BCUT2D eigenvalue weighted by Gasteiger charge is -2.31. The lowest BCUT2D eigenvalue weighted by Crippen LogP contribution is -3.19. The van der Waals surface area contributed by atoms with Gasteiger partial charge in [-0.25, -0.2) is 9.88 Å². The molecule has 2 aromatic rings. The molecular weight excluding hydrogens is 356 g/mol. The number of piperazine rings is 1. The molecule has 0 saturated carbocycles. The summed E-state index contributed by atoms with van der Waals surface area (Å²) >= 11 is 0. The smallest absolute Gasteiger partial charge is 0.292 e. The minimum absolute atomic E-state index is 0.0936. The van der Waals surface area contributed by atoms with Crippen LogP contribution in [0.15, 0.2) is 48.7 Å². The van der Waals surface area contributed by atoms with Crippen molar-refractivity contribution in [3.05, 3.63) is 48.7 Å². The first-order valence-corrected chi connectivity index (χ1v) is 9.83. The number of quaternary nitrogens is 1. The number of carbonyl (C=O) groups excluding carboxylic acids is 2. The Morgan fingerprint density at radius 2 is 1.86 bits per heavy atom. The SMILES string of the molecule is CCOc1ccc(N2C(=O)C[C@H]([NH+]3CCN(c4cccc[nH+]4)CC3)C2=O)cc1. The van der Waals surface area contributed by atoms with Gasteiger partial charge in [-0.15, -0.1) is 0 Å². The molecule has 3 heterocycles. The van der Waals surface area contributed by atoms with Crippen molar-refractivity contribution < 1.29 is 24.2 Å². The second-order valence-corrected chi connectivity index (χ2v) is 7.14. The molecule has 7 heteroatoms. The zero-order valence-corrected chi connectivity index (χ0v) is 16.1. The Morgan fingerprint density at radius 1 is 1.11 bits per heavy atom. The van der Waals surface area contributed by atoms with Crippen LogP contribution < -0.4 is 24.4 Å². The van der Waals surface area contributed by atoms with Crippen LogP contribution >= 0.6 is 0 Å². The third-order valence-electron chi connectivity index (χ3n) is 5.48. The van der Waals surface area contributed by atoms with Crippen LogP contribution in [0.5, 0.6) is 5.75 Å². The molecule has 1 atom stereocenters. The molecule has 4 rings (SSSR count). The summed E-state index contributed by atoms with van der Waals surface area (Å²) in [5.74, 6) is 1.61. The monoisotopic (exact) mass is 382 g/mol. The van der Waals surface area contributed by atoms with Crippen LogP contribution in [0, 0.1) is 0 Å². The molecule has 2 amide bonds. The van der Waals surface area contributed by atoms with Gasteiger partial charge in [-0.3, -0.25) is 14.5 Å². The summed E-state index contributed by atoms with van der Waals surface area (Å²) in [5, 5.41) is 0. The summed E-state index contributed by atoms with van der Waals surface area (Å²) < 4.78 is 5.44. The van der Waals surface area contributed by atoms with Crippen molar-refractivity contribution in [2.45, 2.75) is 19.4 Å². The second kappa shape index (κ2) is 7.98. The predicted octanol–water partition coefficient (Wildman–Crippen LogP) is -0.0636. The molecule has 2 N–H and O–H groups in total. The van der Waals surface area contributed by atoms with Gasteiger partial charge in [0.2, 0.25) is 5.91 Å². The third-order valence-corrected chi connectivity index (χ3v) is 5.48. The fourth-order valence-electron chi connectivity index (χ4n) is 4.04. The van der Waals surface area contributed by atoms with Crippen LogP contribution in [-0.2, 0) is 9.59 Å². The molecule has 0 bridgehead atoms. The van der Waals surface area contributed by atoms with Gasteiger partial charge in [0.25, 0.3) is 11.7 Å². The zero-order chi connectivity index (χ0) is 19.5. The van der Waals surface area contributed by atoms with Gasteiger partial charge in [0, 0.05) is 6.07 Å². The number of amides is 2. The summed E-state index contributed by atoms with van der Waals surface area (Å²) in [6, 6.07) is 12.9. The highest BCUT2D eigenvalue weighted by molar-refractivity contribution is 6.21. The first-order valence-electron chi connectivity index (χ1n) is 9.83. The minimum Gasteiger partial charge on any atom is -0.494 e. The fraction of sp³-hybridized carbons (Fsp3) is 0.381. The maximum absolute atomic E-state index is 13.0. The quantitative estimate of drug-likeness (QED) is 0.736. The van der Waals surface area contributed by atoms with E-state index in [0.29, 0.717) is 12.3 Å². The van der Waals surface area contributed by atoms with E-state index in [1.807, 2.05) is 25.3 Å². The van der Waals surface area contributed by atoms with Crippen LogP contribution in [0.1, 0.15) is 13.3 Å². The van der Waals surface area contributed by atoms with Gasteiger partial charge in [0.15, 0.2) is 6.04 Å². The zero-order valence-electron chi connectivity index (χ0n) is 16.1. The van der Waals surface area contributed by atoms with E-state index in [1.165, 1.54) is 9.80 Å². The molecule has 0 aliphatic carbocycles. The molecule has 28 heavy (non-hydrogen) atoms. The Labute approximate surface area is 164 Å². The minimum atomic E-state index is -0.291. The van der Waals surface area contributed by atoms with E-state index in [9.17, 15) is 9.59 Å². The van der Waals surface area contributed by atoms with Crippen LogP contribution in [-0.4, -0.2) is 50.6 Å². The Bertz CT molecular complexity index is 832. The maximum Gasteiger partial charge on any atom is 0.292 e. The van der Waals surface area contributed by atoms with Crippen molar-refractivity contribution in [3.63, 3.8) is 0 Å². The molecule has 1 aromatic carbocycles. The lowest BCUT2D eigenvalue weighted by molar-refractivity contribution is -0.915. The number of benzene rings is 1.